The molecule has 2 aromatic rings. The number of halogens is 3. The van der Waals surface area contributed by atoms with Crippen LogP contribution in [0.1, 0.15) is 5.56 Å². The van der Waals surface area contributed by atoms with Crippen molar-refractivity contribution in [3.8, 4) is 11.5 Å². The molecular formula is C14H10Cl3N3O2. The average molecular weight is 359 g/mol. The molecule has 2 aromatic carbocycles. The van der Waals surface area contributed by atoms with E-state index in [0.717, 1.165) is 0 Å². The van der Waals surface area contributed by atoms with Gasteiger partial charge in [-0.15, -0.1) is 0 Å². The fraction of sp³-hybridized carbons (Fsp3) is 0.143. The Morgan fingerprint density at radius 3 is 2.32 bits per heavy atom. The molecule has 0 aliphatic heterocycles. The van der Waals surface area contributed by atoms with E-state index in [-0.39, 0.29) is 13.3 Å². The highest BCUT2D eigenvalue weighted by molar-refractivity contribution is 6.35. The van der Waals surface area contributed by atoms with Crippen LogP contribution >= 0.6 is 34.8 Å². The number of ether oxygens (including phenoxy) is 2. The van der Waals surface area contributed by atoms with E-state index in [1.54, 1.807) is 36.4 Å². The molecule has 0 unspecified atom stereocenters. The van der Waals surface area contributed by atoms with Gasteiger partial charge < -0.3 is 9.47 Å². The first kappa shape index (κ1) is 16.6. The van der Waals surface area contributed by atoms with E-state index in [9.17, 15) is 0 Å². The molecule has 0 bridgehead atoms. The van der Waals surface area contributed by atoms with Gasteiger partial charge in [-0.2, -0.15) is 0 Å². The van der Waals surface area contributed by atoms with Gasteiger partial charge in [-0.05, 0) is 41.9 Å². The summed E-state index contributed by atoms with van der Waals surface area (Å²) >= 11 is 17.9. The maximum Gasteiger partial charge on any atom is 0.167 e. The van der Waals surface area contributed by atoms with Gasteiger partial charge in [0.1, 0.15) is 18.1 Å². The van der Waals surface area contributed by atoms with Gasteiger partial charge in [0.25, 0.3) is 0 Å². The smallest absolute Gasteiger partial charge is 0.167 e. The Bertz CT molecular complexity index is 718. The van der Waals surface area contributed by atoms with Crippen LogP contribution in [0.15, 0.2) is 41.5 Å². The molecule has 114 valence electrons. The third kappa shape index (κ3) is 4.61. The van der Waals surface area contributed by atoms with E-state index in [1.807, 2.05) is 0 Å². The molecule has 0 fully saturated rings. The Hall–Kier alpha value is -1.78. The predicted octanol–water partition coefficient (Wildman–Crippen LogP) is 5.87. The Morgan fingerprint density at radius 2 is 1.64 bits per heavy atom. The minimum Gasteiger partial charge on any atom is -0.487 e. The van der Waals surface area contributed by atoms with Crippen LogP contribution in [-0.2, 0) is 6.61 Å². The summed E-state index contributed by atoms with van der Waals surface area (Å²) in [7, 11) is 0. The van der Waals surface area contributed by atoms with Crippen LogP contribution in [0.2, 0.25) is 15.1 Å². The molecular weight excluding hydrogens is 349 g/mol. The summed E-state index contributed by atoms with van der Waals surface area (Å²) < 4.78 is 11.0. The summed E-state index contributed by atoms with van der Waals surface area (Å²) in [6.07, 6.45) is 0. The van der Waals surface area contributed by atoms with Crippen molar-refractivity contribution in [1.82, 2.24) is 0 Å². The van der Waals surface area contributed by atoms with Crippen molar-refractivity contribution in [2.45, 2.75) is 6.61 Å². The van der Waals surface area contributed by atoms with E-state index in [4.69, 9.17) is 49.8 Å². The molecule has 0 aliphatic rings. The van der Waals surface area contributed by atoms with Crippen molar-refractivity contribution in [2.75, 3.05) is 6.73 Å². The number of azide groups is 1. The summed E-state index contributed by atoms with van der Waals surface area (Å²) in [5.74, 6) is 1.01. The van der Waals surface area contributed by atoms with Crippen LogP contribution in [0.4, 0.5) is 0 Å². The summed E-state index contributed by atoms with van der Waals surface area (Å²) in [5, 5.41) is 4.80. The second-order valence-corrected chi connectivity index (χ2v) is 5.40. The van der Waals surface area contributed by atoms with Crippen molar-refractivity contribution in [1.29, 1.82) is 0 Å². The third-order valence-electron chi connectivity index (χ3n) is 2.64. The summed E-state index contributed by atoms with van der Waals surface area (Å²) in [4.78, 5) is 2.62. The van der Waals surface area contributed by atoms with Gasteiger partial charge in [-0.25, -0.2) is 0 Å². The van der Waals surface area contributed by atoms with Crippen LogP contribution in [0.25, 0.3) is 10.4 Å². The van der Waals surface area contributed by atoms with E-state index >= 15 is 0 Å². The highest BCUT2D eigenvalue weighted by atomic mass is 35.5. The quantitative estimate of drug-likeness (QED) is 0.368. The van der Waals surface area contributed by atoms with Gasteiger partial charge in [0.15, 0.2) is 6.73 Å². The highest BCUT2D eigenvalue weighted by Gasteiger charge is 2.08. The lowest BCUT2D eigenvalue weighted by Gasteiger charge is -2.12. The Balaban J connectivity index is 2.13. The highest BCUT2D eigenvalue weighted by Crippen LogP contribution is 2.30. The van der Waals surface area contributed by atoms with Crippen LogP contribution in [0.3, 0.4) is 0 Å². The summed E-state index contributed by atoms with van der Waals surface area (Å²) in [6, 6.07) is 10.0. The fourth-order valence-electron chi connectivity index (χ4n) is 1.67. The maximum absolute atomic E-state index is 8.27. The minimum atomic E-state index is -0.118. The molecule has 22 heavy (non-hydrogen) atoms. The molecule has 0 amide bonds. The van der Waals surface area contributed by atoms with E-state index in [2.05, 4.69) is 10.0 Å². The van der Waals surface area contributed by atoms with Gasteiger partial charge in [0.05, 0.1) is 5.02 Å². The third-order valence-corrected chi connectivity index (χ3v) is 3.41. The molecule has 0 aromatic heterocycles. The lowest BCUT2D eigenvalue weighted by atomic mass is 10.2. The lowest BCUT2D eigenvalue weighted by molar-refractivity contribution is 0.283. The van der Waals surface area contributed by atoms with Crippen LogP contribution in [-0.4, -0.2) is 6.73 Å². The Labute approximate surface area is 141 Å². The van der Waals surface area contributed by atoms with Crippen molar-refractivity contribution >= 4 is 34.8 Å². The zero-order chi connectivity index (χ0) is 15.9. The standard InChI is InChI=1S/C14H10Cl3N3O2/c15-10-1-3-13(22-8-19-20-18)9(5-10)7-21-14-4-2-11(16)6-12(14)17/h1-6H,7-8H2. The van der Waals surface area contributed by atoms with E-state index in [0.29, 0.717) is 32.1 Å². The fourth-order valence-corrected chi connectivity index (χ4v) is 2.33. The maximum atomic E-state index is 8.27. The number of hydrogen-bond acceptors (Lipinski definition) is 3. The van der Waals surface area contributed by atoms with Crippen LogP contribution < -0.4 is 9.47 Å². The normalized spacial score (nSPS) is 9.95. The van der Waals surface area contributed by atoms with Crippen molar-refractivity contribution in [2.24, 2.45) is 5.11 Å². The van der Waals surface area contributed by atoms with E-state index in [1.165, 1.54) is 0 Å². The number of nitrogens with zero attached hydrogens (tertiary/aromatic N) is 3. The second kappa shape index (κ2) is 8.01. The molecule has 2 rings (SSSR count). The Kier molecular flexibility index (Phi) is 6.04. The molecule has 0 aliphatic carbocycles. The molecule has 0 saturated heterocycles. The molecule has 0 radical (unpaired) electrons. The number of rotatable bonds is 6. The second-order valence-electron chi connectivity index (χ2n) is 4.12. The first-order chi connectivity index (χ1) is 10.6. The lowest BCUT2D eigenvalue weighted by Crippen LogP contribution is -2.01. The van der Waals surface area contributed by atoms with Crippen molar-refractivity contribution in [3.05, 3.63) is 67.5 Å². The van der Waals surface area contributed by atoms with Crippen LogP contribution in [0.5, 0.6) is 11.5 Å². The zero-order valence-electron chi connectivity index (χ0n) is 11.2. The van der Waals surface area contributed by atoms with Crippen molar-refractivity contribution < 1.29 is 9.47 Å². The van der Waals surface area contributed by atoms with Crippen molar-refractivity contribution in [3.63, 3.8) is 0 Å². The molecule has 0 N–H and O–H groups in total. The zero-order valence-corrected chi connectivity index (χ0v) is 13.4. The van der Waals surface area contributed by atoms with E-state index < -0.39 is 0 Å². The molecule has 0 heterocycles. The monoisotopic (exact) mass is 357 g/mol. The summed E-state index contributed by atoms with van der Waals surface area (Å²) in [6.45, 7) is 0.0698. The predicted molar refractivity (Wildman–Crippen MR) is 86.9 cm³/mol. The molecule has 0 spiro atoms. The van der Waals surface area contributed by atoms with Crippen LogP contribution in [0, 0.1) is 0 Å². The first-order valence-corrected chi connectivity index (χ1v) is 7.23. The molecule has 8 heteroatoms. The largest absolute Gasteiger partial charge is 0.487 e. The first-order valence-electron chi connectivity index (χ1n) is 6.10. The SMILES string of the molecule is [N-]=[N+]=NCOc1ccc(Cl)cc1COc1ccc(Cl)cc1Cl. The topological polar surface area (TPSA) is 67.2 Å². The van der Waals surface area contributed by atoms with Gasteiger partial charge >= 0.3 is 0 Å². The Morgan fingerprint density at radius 1 is 0.955 bits per heavy atom. The van der Waals surface area contributed by atoms with Gasteiger partial charge in [0, 0.05) is 20.5 Å². The van der Waals surface area contributed by atoms with Gasteiger partial charge in [-0.1, -0.05) is 39.9 Å². The number of hydrogen-bond donors (Lipinski definition) is 0. The number of benzene rings is 2. The summed E-state index contributed by atoms with van der Waals surface area (Å²) in [5.41, 5.74) is 8.97. The minimum absolute atomic E-state index is 0.118. The molecule has 0 saturated carbocycles. The van der Waals surface area contributed by atoms with Gasteiger partial charge in [-0.3, -0.25) is 0 Å². The molecule has 0 atom stereocenters. The average Bonchev–Trinajstić information content (AvgIpc) is 2.48. The van der Waals surface area contributed by atoms with Gasteiger partial charge in [0.2, 0.25) is 0 Å². The molecule has 5 nitrogen and oxygen atoms in total.